The summed E-state index contributed by atoms with van der Waals surface area (Å²) < 4.78 is 26.2. The lowest BCUT2D eigenvalue weighted by Gasteiger charge is -2.33. The van der Waals surface area contributed by atoms with Crippen LogP contribution in [0.4, 0.5) is 0 Å². The molecule has 0 spiro atoms. The molecule has 2 rings (SSSR count). The summed E-state index contributed by atoms with van der Waals surface area (Å²) in [6, 6.07) is 7.22. The molecule has 0 aromatic heterocycles. The number of hydrogen-bond acceptors (Lipinski definition) is 3. The Morgan fingerprint density at radius 3 is 2.68 bits per heavy atom. The summed E-state index contributed by atoms with van der Waals surface area (Å²) in [6.07, 6.45) is 5.28. The number of sulfonamides is 1. The van der Waals surface area contributed by atoms with E-state index in [1.54, 1.807) is 18.2 Å². The average Bonchev–Trinajstić information content (AvgIpc) is 2.42. The van der Waals surface area contributed by atoms with E-state index in [4.69, 9.17) is 6.42 Å². The number of carbonyl (C=O) groups excluding carboxylic acids is 1. The Bertz CT molecular complexity index is 605. The number of hydrogen-bond donors (Lipinski definition) is 1. The number of piperazine rings is 1. The molecule has 0 radical (unpaired) electrons. The monoisotopic (exact) mass is 278 g/mol. The van der Waals surface area contributed by atoms with Gasteiger partial charge in [0.1, 0.15) is 6.04 Å². The normalized spacial score (nSPS) is 20.6. The number of amides is 1. The Labute approximate surface area is 112 Å². The van der Waals surface area contributed by atoms with Gasteiger partial charge in [-0.2, -0.15) is 4.31 Å². The molecule has 0 aliphatic carbocycles. The van der Waals surface area contributed by atoms with Gasteiger partial charge in [-0.3, -0.25) is 4.79 Å². The van der Waals surface area contributed by atoms with Gasteiger partial charge in [0.05, 0.1) is 4.90 Å². The van der Waals surface area contributed by atoms with Gasteiger partial charge in [0, 0.05) is 19.5 Å². The zero-order chi connectivity index (χ0) is 13.9. The van der Waals surface area contributed by atoms with Crippen LogP contribution >= 0.6 is 0 Å². The average molecular weight is 278 g/mol. The van der Waals surface area contributed by atoms with Crippen molar-refractivity contribution in [3.05, 3.63) is 30.3 Å². The molecule has 1 amide bonds. The highest BCUT2D eigenvalue weighted by Crippen LogP contribution is 2.20. The third-order valence-corrected chi connectivity index (χ3v) is 4.87. The zero-order valence-electron chi connectivity index (χ0n) is 10.2. The largest absolute Gasteiger partial charge is 0.353 e. The highest BCUT2D eigenvalue weighted by Gasteiger charge is 2.37. The van der Waals surface area contributed by atoms with Gasteiger partial charge in [-0.15, -0.1) is 12.3 Å². The minimum absolute atomic E-state index is 0.0674. The lowest BCUT2D eigenvalue weighted by atomic mass is 10.1. The minimum Gasteiger partial charge on any atom is -0.353 e. The van der Waals surface area contributed by atoms with Gasteiger partial charge in [-0.05, 0) is 12.1 Å². The Morgan fingerprint density at radius 2 is 2.05 bits per heavy atom. The summed E-state index contributed by atoms with van der Waals surface area (Å²) in [5.41, 5.74) is 0. The molecule has 1 heterocycles. The van der Waals surface area contributed by atoms with Crippen molar-refractivity contribution in [3.63, 3.8) is 0 Å². The molecule has 1 fully saturated rings. The van der Waals surface area contributed by atoms with Crippen molar-refractivity contribution in [2.75, 3.05) is 13.1 Å². The molecule has 1 aromatic rings. The van der Waals surface area contributed by atoms with E-state index < -0.39 is 16.1 Å². The molecule has 100 valence electrons. The SMILES string of the molecule is C#CC[C@@H]1C(=O)NCCN1S(=O)(=O)c1ccccc1. The lowest BCUT2D eigenvalue weighted by molar-refractivity contribution is -0.126. The molecule has 1 aliphatic heterocycles. The third-order valence-electron chi connectivity index (χ3n) is 2.94. The van der Waals surface area contributed by atoms with Crippen molar-refractivity contribution in [3.8, 4) is 12.3 Å². The van der Waals surface area contributed by atoms with Crippen molar-refractivity contribution >= 4 is 15.9 Å². The molecule has 1 N–H and O–H groups in total. The summed E-state index contributed by atoms with van der Waals surface area (Å²) in [5, 5.41) is 2.63. The lowest BCUT2D eigenvalue weighted by Crippen LogP contribution is -2.56. The first-order valence-corrected chi connectivity index (χ1v) is 7.29. The first-order valence-electron chi connectivity index (χ1n) is 5.85. The van der Waals surface area contributed by atoms with Gasteiger partial charge in [0.2, 0.25) is 15.9 Å². The molecule has 19 heavy (non-hydrogen) atoms. The smallest absolute Gasteiger partial charge is 0.243 e. The maximum absolute atomic E-state index is 12.5. The zero-order valence-corrected chi connectivity index (χ0v) is 11.1. The van der Waals surface area contributed by atoms with Crippen LogP contribution in [-0.2, 0) is 14.8 Å². The highest BCUT2D eigenvalue weighted by atomic mass is 32.2. The maximum Gasteiger partial charge on any atom is 0.243 e. The van der Waals surface area contributed by atoms with Gasteiger partial charge in [0.15, 0.2) is 0 Å². The predicted octanol–water partition coefficient (Wildman–Crippen LogP) is 0.199. The fourth-order valence-corrected chi connectivity index (χ4v) is 3.62. The Kier molecular flexibility index (Phi) is 3.88. The van der Waals surface area contributed by atoms with E-state index in [2.05, 4.69) is 11.2 Å². The quantitative estimate of drug-likeness (QED) is 0.803. The van der Waals surface area contributed by atoms with E-state index in [1.165, 1.54) is 16.4 Å². The molecule has 0 bridgehead atoms. The van der Waals surface area contributed by atoms with Gasteiger partial charge in [0.25, 0.3) is 0 Å². The Balaban J connectivity index is 2.38. The third kappa shape index (κ3) is 2.62. The molecule has 6 heteroatoms. The first kappa shape index (κ1) is 13.6. The second-order valence-corrected chi connectivity index (χ2v) is 6.03. The van der Waals surface area contributed by atoms with Crippen LogP contribution in [0.15, 0.2) is 35.2 Å². The number of nitrogens with one attached hydrogen (secondary N) is 1. The van der Waals surface area contributed by atoms with Gasteiger partial charge >= 0.3 is 0 Å². The predicted molar refractivity (Wildman–Crippen MR) is 70.6 cm³/mol. The molecule has 0 unspecified atom stereocenters. The highest BCUT2D eigenvalue weighted by molar-refractivity contribution is 7.89. The van der Waals surface area contributed by atoms with Crippen molar-refractivity contribution in [1.82, 2.24) is 9.62 Å². The van der Waals surface area contributed by atoms with Crippen LogP contribution in [0.1, 0.15) is 6.42 Å². The van der Waals surface area contributed by atoms with Crippen LogP contribution < -0.4 is 5.32 Å². The van der Waals surface area contributed by atoms with E-state index in [9.17, 15) is 13.2 Å². The number of carbonyl (C=O) groups is 1. The maximum atomic E-state index is 12.5. The molecule has 1 atom stereocenters. The Hall–Kier alpha value is -1.84. The van der Waals surface area contributed by atoms with E-state index >= 15 is 0 Å². The van der Waals surface area contributed by atoms with E-state index in [0.717, 1.165) is 0 Å². The summed E-state index contributed by atoms with van der Waals surface area (Å²) >= 11 is 0. The molecule has 1 saturated heterocycles. The van der Waals surface area contributed by atoms with Crippen LogP contribution in [0.5, 0.6) is 0 Å². The van der Waals surface area contributed by atoms with E-state index in [-0.39, 0.29) is 23.8 Å². The van der Waals surface area contributed by atoms with E-state index in [1.807, 2.05) is 0 Å². The molecule has 1 aromatic carbocycles. The second kappa shape index (κ2) is 5.43. The number of nitrogens with zero attached hydrogens (tertiary/aromatic N) is 1. The van der Waals surface area contributed by atoms with Crippen molar-refractivity contribution in [2.24, 2.45) is 0 Å². The van der Waals surface area contributed by atoms with Crippen molar-refractivity contribution in [1.29, 1.82) is 0 Å². The van der Waals surface area contributed by atoms with Crippen LogP contribution in [0.25, 0.3) is 0 Å². The first-order chi connectivity index (χ1) is 9.07. The number of terminal acetylenes is 1. The summed E-state index contributed by atoms with van der Waals surface area (Å²) in [6.45, 7) is 0.529. The van der Waals surface area contributed by atoms with Crippen LogP contribution in [0.3, 0.4) is 0 Å². The fourth-order valence-electron chi connectivity index (χ4n) is 2.02. The van der Waals surface area contributed by atoms with E-state index in [0.29, 0.717) is 6.54 Å². The Morgan fingerprint density at radius 1 is 1.37 bits per heavy atom. The molecular formula is C13H14N2O3S. The topological polar surface area (TPSA) is 66.5 Å². The van der Waals surface area contributed by atoms with Crippen LogP contribution in [-0.4, -0.2) is 37.8 Å². The minimum atomic E-state index is -3.69. The number of benzene rings is 1. The molecule has 5 nitrogen and oxygen atoms in total. The summed E-state index contributed by atoms with van der Waals surface area (Å²) in [7, 11) is -3.69. The van der Waals surface area contributed by atoms with Gasteiger partial charge in [-0.1, -0.05) is 18.2 Å². The van der Waals surface area contributed by atoms with Crippen LogP contribution in [0.2, 0.25) is 0 Å². The summed E-state index contributed by atoms with van der Waals surface area (Å²) in [4.78, 5) is 11.9. The number of rotatable bonds is 3. The van der Waals surface area contributed by atoms with Crippen molar-refractivity contribution in [2.45, 2.75) is 17.4 Å². The van der Waals surface area contributed by atoms with Gasteiger partial charge < -0.3 is 5.32 Å². The molecule has 0 saturated carbocycles. The van der Waals surface area contributed by atoms with Crippen LogP contribution in [0, 0.1) is 12.3 Å². The molecule has 1 aliphatic rings. The second-order valence-electron chi connectivity index (χ2n) is 4.14. The van der Waals surface area contributed by atoms with Gasteiger partial charge in [-0.25, -0.2) is 8.42 Å². The standard InChI is InChI=1S/C13H14N2O3S/c1-2-6-12-13(16)14-9-10-15(12)19(17,18)11-7-4-3-5-8-11/h1,3-5,7-8,12H,6,9-10H2,(H,14,16)/t12-/m1/s1. The molecular weight excluding hydrogens is 264 g/mol. The summed E-state index contributed by atoms with van der Waals surface area (Å²) in [5.74, 6) is 2.01. The fraction of sp³-hybridized carbons (Fsp3) is 0.308. The van der Waals surface area contributed by atoms with Crippen molar-refractivity contribution < 1.29 is 13.2 Å².